The summed E-state index contributed by atoms with van der Waals surface area (Å²) in [5.74, 6) is 0.473. The number of nitrogens with zero attached hydrogens (tertiary/aromatic N) is 1. The number of furan rings is 1. The van der Waals surface area contributed by atoms with Gasteiger partial charge < -0.3 is 42.5 Å². The van der Waals surface area contributed by atoms with E-state index in [9.17, 15) is 34.1 Å². The van der Waals surface area contributed by atoms with Gasteiger partial charge in [0.15, 0.2) is 6.10 Å². The van der Waals surface area contributed by atoms with E-state index >= 15 is 0 Å². The van der Waals surface area contributed by atoms with Gasteiger partial charge in [0.1, 0.15) is 37.1 Å². The first-order valence-corrected chi connectivity index (χ1v) is 25.0. The summed E-state index contributed by atoms with van der Waals surface area (Å²) in [6.45, 7) is 8.01. The lowest BCUT2D eigenvalue weighted by molar-refractivity contribution is -0.870. The number of carbonyl (C=O) groups excluding carboxylic acids is 3. The Hall–Kier alpha value is -2.64. The smallest absolute Gasteiger partial charge is 0.306 e. The molecule has 13 nitrogen and oxygen atoms in total. The van der Waals surface area contributed by atoms with Crippen LogP contribution in [0.5, 0.6) is 0 Å². The summed E-state index contributed by atoms with van der Waals surface area (Å²) < 4.78 is 40.0. The van der Waals surface area contributed by atoms with Gasteiger partial charge in [-0.05, 0) is 69.9 Å². The third kappa shape index (κ3) is 23.9. The molecule has 0 aliphatic heterocycles. The Morgan fingerprint density at radius 1 is 0.855 bits per heavy atom. The first-order chi connectivity index (χ1) is 29.5. The van der Waals surface area contributed by atoms with Crippen LogP contribution in [0.25, 0.3) is 0 Å². The molecule has 1 fully saturated rings. The van der Waals surface area contributed by atoms with Crippen LogP contribution < -0.4 is 4.89 Å². The number of aryl methyl sites for hydroxylation is 2. The highest BCUT2D eigenvalue weighted by Crippen LogP contribution is 2.38. The number of likely N-dealkylation sites (N-methyl/N-ethyl adjacent to an activating group) is 1. The highest BCUT2D eigenvalue weighted by Gasteiger charge is 2.39. The van der Waals surface area contributed by atoms with Crippen LogP contribution in [0, 0.1) is 25.7 Å². The summed E-state index contributed by atoms with van der Waals surface area (Å²) in [7, 11) is 0.995. The van der Waals surface area contributed by atoms with Gasteiger partial charge >= 0.3 is 11.9 Å². The molecule has 356 valence electrons. The third-order valence-corrected chi connectivity index (χ3v) is 12.5. The maximum Gasteiger partial charge on any atom is 0.306 e. The van der Waals surface area contributed by atoms with E-state index in [0.29, 0.717) is 43.1 Å². The molecule has 2 N–H and O–H groups in total. The number of ether oxygens (including phenoxy) is 2. The Kier molecular flexibility index (Phi) is 27.3. The maximum atomic E-state index is 12.8. The maximum absolute atomic E-state index is 12.8. The van der Waals surface area contributed by atoms with E-state index in [-0.39, 0.29) is 50.1 Å². The molecule has 2 rings (SSSR count). The van der Waals surface area contributed by atoms with E-state index in [1.165, 1.54) is 11.1 Å². The second kappa shape index (κ2) is 30.5. The minimum absolute atomic E-state index is 0.00551. The lowest BCUT2D eigenvalue weighted by Crippen LogP contribution is -2.37. The second-order valence-corrected chi connectivity index (χ2v) is 19.5. The molecule has 1 aliphatic rings. The summed E-state index contributed by atoms with van der Waals surface area (Å²) >= 11 is 0. The Labute approximate surface area is 373 Å². The minimum atomic E-state index is -4.71. The van der Waals surface area contributed by atoms with Gasteiger partial charge in [-0.25, -0.2) is 0 Å². The number of rotatable bonds is 35. The van der Waals surface area contributed by atoms with Crippen LogP contribution in [0.1, 0.15) is 158 Å². The van der Waals surface area contributed by atoms with E-state index in [0.717, 1.165) is 95.0 Å². The molecule has 0 spiro atoms. The number of hydrogen-bond donors (Lipinski definition) is 2. The van der Waals surface area contributed by atoms with E-state index in [2.05, 4.69) is 27.7 Å². The molecule has 1 saturated carbocycles. The average molecular weight is 896 g/mol. The van der Waals surface area contributed by atoms with Gasteiger partial charge in [-0.15, -0.1) is 0 Å². The number of unbranched alkanes of at least 4 members (excludes halogenated alkanes) is 10. The van der Waals surface area contributed by atoms with E-state index in [1.54, 1.807) is 12.2 Å². The molecule has 0 saturated heterocycles. The topological polar surface area (TPSA) is 182 Å². The number of carbonyl (C=O) groups is 3. The summed E-state index contributed by atoms with van der Waals surface area (Å²) in [5.41, 5.74) is 2.59. The van der Waals surface area contributed by atoms with Crippen molar-refractivity contribution < 1.29 is 61.5 Å². The van der Waals surface area contributed by atoms with Crippen molar-refractivity contribution in [3.63, 3.8) is 0 Å². The van der Waals surface area contributed by atoms with Crippen LogP contribution in [0.4, 0.5) is 0 Å². The summed E-state index contributed by atoms with van der Waals surface area (Å²) in [6, 6.07) is 0. The van der Waals surface area contributed by atoms with Gasteiger partial charge in [0.05, 0.1) is 40.0 Å². The number of esters is 2. The zero-order valence-electron chi connectivity index (χ0n) is 39.2. The van der Waals surface area contributed by atoms with Crippen molar-refractivity contribution in [1.82, 2.24) is 0 Å². The number of hydrogen-bond acceptors (Lipinski definition) is 12. The molecule has 1 heterocycles. The number of Topliss-reactive ketones (excluding diaryl/α,β-unsaturated/α-hetero) is 1. The normalized spacial score (nSPS) is 19.1. The molecule has 62 heavy (non-hydrogen) atoms. The number of quaternary nitrogens is 1. The first kappa shape index (κ1) is 55.5. The Bertz CT molecular complexity index is 1550. The molecule has 6 atom stereocenters. The fourth-order valence-electron chi connectivity index (χ4n) is 7.51. The van der Waals surface area contributed by atoms with Gasteiger partial charge in [0, 0.05) is 43.9 Å². The fraction of sp³-hybridized carbons (Fsp3) is 0.771. The number of allylic oxidation sites excluding steroid dienone is 2. The third-order valence-electron chi connectivity index (χ3n) is 11.5. The van der Waals surface area contributed by atoms with Gasteiger partial charge in [-0.2, -0.15) is 0 Å². The predicted molar refractivity (Wildman–Crippen MR) is 240 cm³/mol. The van der Waals surface area contributed by atoms with Crippen LogP contribution in [-0.4, -0.2) is 98.2 Å². The number of ketones is 1. The van der Waals surface area contributed by atoms with Crippen molar-refractivity contribution >= 4 is 25.5 Å². The zero-order chi connectivity index (χ0) is 46.0. The van der Waals surface area contributed by atoms with Crippen molar-refractivity contribution in [2.75, 3.05) is 47.5 Å². The zero-order valence-corrected chi connectivity index (χ0v) is 40.1. The van der Waals surface area contributed by atoms with E-state index < -0.39 is 44.7 Å². The monoisotopic (exact) mass is 896 g/mol. The molecular weight excluding hydrogens is 813 g/mol. The van der Waals surface area contributed by atoms with Crippen LogP contribution in [-0.2, 0) is 50.3 Å². The summed E-state index contributed by atoms with van der Waals surface area (Å²) in [6.07, 6.45) is 21.4. The van der Waals surface area contributed by atoms with Crippen molar-refractivity contribution in [3.8, 4) is 0 Å². The van der Waals surface area contributed by atoms with Crippen molar-refractivity contribution in [2.45, 2.75) is 181 Å². The molecule has 1 aliphatic carbocycles. The molecule has 1 unspecified atom stereocenters. The van der Waals surface area contributed by atoms with Gasteiger partial charge in [-0.3, -0.25) is 18.9 Å². The van der Waals surface area contributed by atoms with Gasteiger partial charge in [0.2, 0.25) is 0 Å². The number of aliphatic hydroxyl groups is 2. The average Bonchev–Trinajstić information content (AvgIpc) is 3.63. The Balaban J connectivity index is 1.75. The predicted octanol–water partition coefficient (Wildman–Crippen LogP) is 8.75. The molecule has 0 aromatic carbocycles. The van der Waals surface area contributed by atoms with Gasteiger partial charge in [0.25, 0.3) is 7.82 Å². The van der Waals surface area contributed by atoms with Gasteiger partial charge in [-0.1, -0.05) is 95.9 Å². The minimum Gasteiger partial charge on any atom is -0.756 e. The number of phosphoric acid groups is 1. The standard InChI is InChI=1S/C48H82NO12P/c1-8-10-19-25-39(50)30-31-42-41(43(51)34-44(42)52)26-20-17-18-22-28-47(53)57-35-40(36-59-62(55,56)58-33-32-49(5,6)7)60-48(54)29-23-16-14-12-11-13-15-21-27-46-38(4)37(3)45(61-46)24-9-2/h17,20,30-31,39-42,44,50,52H,8-16,18-19,21-29,32-36H2,1-7H3/b20-17-,31-30+/t39-,40+,41+,42+,44+/m0/s1. The van der Waals surface area contributed by atoms with E-state index in [4.69, 9.17) is 22.9 Å². The fourth-order valence-corrected chi connectivity index (χ4v) is 8.23. The highest BCUT2D eigenvalue weighted by atomic mass is 31.2. The van der Waals surface area contributed by atoms with Crippen molar-refractivity contribution in [3.05, 3.63) is 47.0 Å². The Morgan fingerprint density at radius 2 is 1.50 bits per heavy atom. The molecular formula is C48H82NO12P. The molecule has 1 aromatic heterocycles. The van der Waals surface area contributed by atoms with Crippen LogP contribution in [0.3, 0.4) is 0 Å². The van der Waals surface area contributed by atoms with Crippen molar-refractivity contribution in [1.29, 1.82) is 0 Å². The summed E-state index contributed by atoms with van der Waals surface area (Å²) in [5, 5.41) is 20.7. The molecule has 14 heteroatoms. The lowest BCUT2D eigenvalue weighted by atomic mass is 9.90. The second-order valence-electron chi connectivity index (χ2n) is 18.1. The van der Waals surface area contributed by atoms with E-state index in [1.807, 2.05) is 33.3 Å². The quantitative estimate of drug-likeness (QED) is 0.0218. The molecule has 0 radical (unpaired) electrons. The highest BCUT2D eigenvalue weighted by molar-refractivity contribution is 7.45. The molecule has 1 aromatic rings. The van der Waals surface area contributed by atoms with Crippen molar-refractivity contribution in [2.24, 2.45) is 11.8 Å². The number of aliphatic hydroxyl groups excluding tert-OH is 2. The first-order valence-electron chi connectivity index (χ1n) is 23.5. The Morgan fingerprint density at radius 3 is 2.16 bits per heavy atom. The lowest BCUT2D eigenvalue weighted by Gasteiger charge is -2.28. The van der Waals surface area contributed by atoms with Crippen LogP contribution >= 0.6 is 7.82 Å². The van der Waals surface area contributed by atoms with Crippen LogP contribution in [0.2, 0.25) is 0 Å². The summed E-state index contributed by atoms with van der Waals surface area (Å²) in [4.78, 5) is 50.5. The largest absolute Gasteiger partial charge is 0.756 e. The number of phosphoric ester groups is 1. The molecule has 0 bridgehead atoms. The SMILES string of the molecule is CCCCC[C@H](O)/C=C/[C@H]1[C@H](O)CC(=O)[C@@H]1C/C=C\CCCC(=O)OC[C@H](COP(=O)([O-])OCC[N+](C)(C)C)OC(=O)CCCCCCCCCCc1oc(CCC)c(C)c1C. The molecule has 0 amide bonds. The van der Waals surface area contributed by atoms with Crippen LogP contribution in [0.15, 0.2) is 28.7 Å².